The van der Waals surface area contributed by atoms with Crippen molar-refractivity contribution >= 4 is 11.9 Å². The highest BCUT2D eigenvalue weighted by Crippen LogP contribution is 2.43. The second-order valence-electron chi connectivity index (χ2n) is 8.47. The molecule has 4 saturated heterocycles. The first-order valence-corrected chi connectivity index (χ1v) is 10.1. The quantitative estimate of drug-likeness (QED) is 0.593. The van der Waals surface area contributed by atoms with Crippen molar-refractivity contribution < 1.29 is 19.4 Å². The highest BCUT2D eigenvalue weighted by molar-refractivity contribution is 5.89. The molecule has 6 atom stereocenters. The fourth-order valence-electron chi connectivity index (χ4n) is 5.55. The Balaban J connectivity index is 1.52. The lowest BCUT2D eigenvalue weighted by atomic mass is 9.70. The zero-order valence-corrected chi connectivity index (χ0v) is 15.8. The van der Waals surface area contributed by atoms with Crippen molar-refractivity contribution in [3.05, 3.63) is 11.6 Å². The van der Waals surface area contributed by atoms with Gasteiger partial charge in [0.2, 0.25) is 0 Å². The van der Waals surface area contributed by atoms with Crippen LogP contribution in [0.2, 0.25) is 0 Å². The molecule has 144 valence electrons. The van der Waals surface area contributed by atoms with Crippen LogP contribution in [0.5, 0.6) is 0 Å². The van der Waals surface area contributed by atoms with Crippen molar-refractivity contribution in [1.82, 2.24) is 9.80 Å². The van der Waals surface area contributed by atoms with Gasteiger partial charge in [-0.1, -0.05) is 12.5 Å². The average Bonchev–Trinajstić information content (AvgIpc) is 2.66. The molecule has 4 heterocycles. The van der Waals surface area contributed by atoms with Crippen molar-refractivity contribution in [1.29, 1.82) is 0 Å². The Morgan fingerprint density at radius 1 is 1.19 bits per heavy atom. The summed E-state index contributed by atoms with van der Waals surface area (Å²) in [5, 5.41) is 10.5. The summed E-state index contributed by atoms with van der Waals surface area (Å²) < 4.78 is 5.50. The van der Waals surface area contributed by atoms with Gasteiger partial charge in [0.05, 0.1) is 0 Å². The number of ether oxygens (including phenoxy) is 1. The van der Waals surface area contributed by atoms with E-state index in [4.69, 9.17) is 4.74 Å². The minimum atomic E-state index is -1.24. The Morgan fingerprint density at radius 2 is 1.96 bits per heavy atom. The number of carbonyl (C=O) groups is 2. The molecule has 0 unspecified atom stereocenters. The first kappa shape index (κ1) is 18.0. The number of allylic oxidation sites excluding steroid dienone is 1. The molecule has 1 N–H and O–H groups in total. The molecule has 4 fully saturated rings. The Bertz CT molecular complexity index is 619. The van der Waals surface area contributed by atoms with Gasteiger partial charge in [-0.3, -0.25) is 9.69 Å². The number of hydrogen-bond donors (Lipinski definition) is 1. The highest BCUT2D eigenvalue weighted by Gasteiger charge is 2.53. The molecule has 2 bridgehead atoms. The Kier molecular flexibility index (Phi) is 4.82. The van der Waals surface area contributed by atoms with E-state index in [9.17, 15) is 14.7 Å². The van der Waals surface area contributed by atoms with E-state index in [1.54, 1.807) is 19.9 Å². The largest absolute Gasteiger partial charge is 0.456 e. The maximum atomic E-state index is 12.8. The number of aliphatic hydroxyl groups excluding tert-OH is 1. The molecule has 0 aliphatic carbocycles. The summed E-state index contributed by atoms with van der Waals surface area (Å²) in [4.78, 5) is 29.5. The maximum Gasteiger partial charge on any atom is 0.333 e. The van der Waals surface area contributed by atoms with Gasteiger partial charge < -0.3 is 14.7 Å². The molecule has 4 aliphatic rings. The number of rotatable bonds is 2. The summed E-state index contributed by atoms with van der Waals surface area (Å²) in [6.45, 7) is 6.40. The summed E-state index contributed by atoms with van der Waals surface area (Å²) in [6.07, 6.45) is 5.20. The van der Waals surface area contributed by atoms with Crippen LogP contribution in [0, 0.1) is 11.8 Å². The van der Waals surface area contributed by atoms with Crippen molar-refractivity contribution in [2.75, 3.05) is 19.6 Å². The van der Waals surface area contributed by atoms with Gasteiger partial charge in [-0.25, -0.2) is 4.79 Å². The van der Waals surface area contributed by atoms with Crippen LogP contribution >= 0.6 is 0 Å². The number of carbonyl (C=O) groups excluding carboxylic acids is 2. The zero-order chi connectivity index (χ0) is 18.4. The van der Waals surface area contributed by atoms with Gasteiger partial charge in [-0.05, 0) is 51.5 Å². The summed E-state index contributed by atoms with van der Waals surface area (Å²) in [5.74, 6) is 0.247. The molecule has 4 aliphatic heterocycles. The van der Waals surface area contributed by atoms with Crippen molar-refractivity contribution in [2.45, 2.75) is 70.2 Å². The van der Waals surface area contributed by atoms with Crippen LogP contribution in [-0.2, 0) is 14.3 Å². The molecule has 4 rings (SSSR count). The molecule has 6 heteroatoms. The Hall–Kier alpha value is -1.40. The Morgan fingerprint density at radius 3 is 2.73 bits per heavy atom. The fourth-order valence-corrected chi connectivity index (χ4v) is 5.55. The molecule has 0 aromatic carbocycles. The van der Waals surface area contributed by atoms with Crippen LogP contribution in [0.25, 0.3) is 0 Å². The van der Waals surface area contributed by atoms with E-state index in [0.29, 0.717) is 29.9 Å². The van der Waals surface area contributed by atoms with Crippen LogP contribution in [0.4, 0.5) is 0 Å². The van der Waals surface area contributed by atoms with Crippen LogP contribution < -0.4 is 0 Å². The Labute approximate surface area is 155 Å². The van der Waals surface area contributed by atoms with Gasteiger partial charge in [-0.2, -0.15) is 0 Å². The van der Waals surface area contributed by atoms with Gasteiger partial charge in [0.1, 0.15) is 6.10 Å². The maximum absolute atomic E-state index is 12.8. The van der Waals surface area contributed by atoms with Gasteiger partial charge in [-0.15, -0.1) is 0 Å². The topological polar surface area (TPSA) is 70.1 Å². The molecule has 0 saturated carbocycles. The van der Waals surface area contributed by atoms with Crippen LogP contribution in [0.1, 0.15) is 46.0 Å². The van der Waals surface area contributed by atoms with Gasteiger partial charge in [0, 0.05) is 37.2 Å². The van der Waals surface area contributed by atoms with Crippen molar-refractivity contribution in [3.8, 4) is 0 Å². The van der Waals surface area contributed by atoms with Gasteiger partial charge in [0.15, 0.2) is 6.10 Å². The molecule has 0 aromatic rings. The summed E-state index contributed by atoms with van der Waals surface area (Å²) >= 11 is 0. The van der Waals surface area contributed by atoms with Crippen LogP contribution in [0.15, 0.2) is 11.6 Å². The third-order valence-electron chi connectivity index (χ3n) is 7.03. The predicted octanol–water partition coefficient (Wildman–Crippen LogP) is 1.33. The normalized spacial score (nSPS) is 40.7. The third-order valence-corrected chi connectivity index (χ3v) is 7.03. The highest BCUT2D eigenvalue weighted by atomic mass is 16.6. The minimum absolute atomic E-state index is 0.0775. The molecular weight excluding hydrogens is 332 g/mol. The molecular formula is C20H30N2O4. The SMILES string of the molecule is C/C=C(\C)C(=O)O[C@@H]1C[C@@H]2[C@H]3C[C@@H](CN2C(=O)[C@H]1O)[C@@H]1CCCCN1C3. The molecule has 0 aromatic heterocycles. The number of hydrogen-bond acceptors (Lipinski definition) is 5. The lowest BCUT2D eigenvalue weighted by Gasteiger charge is -2.57. The van der Waals surface area contributed by atoms with E-state index >= 15 is 0 Å². The summed E-state index contributed by atoms with van der Waals surface area (Å²) in [6, 6.07) is 0.674. The number of nitrogens with zero attached hydrogens (tertiary/aromatic N) is 2. The van der Waals surface area contributed by atoms with Crippen molar-refractivity contribution in [3.63, 3.8) is 0 Å². The van der Waals surface area contributed by atoms with Crippen molar-refractivity contribution in [2.24, 2.45) is 11.8 Å². The predicted molar refractivity (Wildman–Crippen MR) is 96.2 cm³/mol. The van der Waals surface area contributed by atoms with Crippen LogP contribution in [-0.4, -0.2) is 70.7 Å². The number of aliphatic hydroxyl groups is 1. The summed E-state index contributed by atoms with van der Waals surface area (Å²) in [5.41, 5.74) is 0.504. The minimum Gasteiger partial charge on any atom is -0.456 e. The smallest absolute Gasteiger partial charge is 0.333 e. The number of esters is 1. The molecule has 1 amide bonds. The van der Waals surface area contributed by atoms with Gasteiger partial charge >= 0.3 is 5.97 Å². The lowest BCUT2D eigenvalue weighted by Crippen LogP contribution is -2.68. The van der Waals surface area contributed by atoms with E-state index < -0.39 is 18.2 Å². The molecule has 26 heavy (non-hydrogen) atoms. The van der Waals surface area contributed by atoms with E-state index in [-0.39, 0.29) is 11.9 Å². The number of piperidine rings is 4. The van der Waals surface area contributed by atoms with E-state index in [1.807, 2.05) is 4.90 Å². The fraction of sp³-hybridized carbons (Fsp3) is 0.800. The van der Waals surface area contributed by atoms with E-state index in [2.05, 4.69) is 4.90 Å². The van der Waals surface area contributed by atoms with E-state index in [1.165, 1.54) is 25.8 Å². The van der Waals surface area contributed by atoms with E-state index in [0.717, 1.165) is 19.5 Å². The van der Waals surface area contributed by atoms with Crippen LogP contribution in [0.3, 0.4) is 0 Å². The average molecular weight is 362 g/mol. The van der Waals surface area contributed by atoms with Gasteiger partial charge in [0.25, 0.3) is 5.91 Å². The second-order valence-corrected chi connectivity index (χ2v) is 8.47. The second kappa shape index (κ2) is 6.97. The first-order valence-electron chi connectivity index (χ1n) is 10.1. The summed E-state index contributed by atoms with van der Waals surface area (Å²) in [7, 11) is 0. The zero-order valence-electron chi connectivity index (χ0n) is 15.8. The number of amides is 1. The molecule has 6 nitrogen and oxygen atoms in total. The molecule has 0 spiro atoms. The monoisotopic (exact) mass is 362 g/mol. The third kappa shape index (κ3) is 2.97. The standard InChI is InChI=1S/C20H30N2O4/c1-3-12(2)20(25)26-17-9-16-13-8-14(11-22(16)19(24)18(17)23)15-6-4-5-7-21(15)10-13/h3,13-18,23H,4-11H2,1-2H3/b12-3+/t13-,14-,15-,16+,17+,18-/m0/s1. The lowest BCUT2D eigenvalue weighted by molar-refractivity contribution is -0.181. The number of fused-ring (bicyclic) bond motifs is 6. The first-order chi connectivity index (χ1) is 12.5. The molecule has 0 radical (unpaired) electrons.